The molecule has 1 amide bonds. The highest BCUT2D eigenvalue weighted by Crippen LogP contribution is 2.24. The van der Waals surface area contributed by atoms with Crippen LogP contribution >= 0.6 is 0 Å². The third-order valence-electron chi connectivity index (χ3n) is 5.34. The maximum Gasteiger partial charge on any atom is 0.223 e. The number of likely N-dealkylation sites (N-methyl/N-ethyl adjacent to an activating group) is 1. The van der Waals surface area contributed by atoms with Gasteiger partial charge in [-0.25, -0.2) is 4.39 Å². The van der Waals surface area contributed by atoms with E-state index in [1.54, 1.807) is 17.0 Å². The van der Waals surface area contributed by atoms with E-state index in [-0.39, 0.29) is 11.7 Å². The molecule has 2 saturated heterocycles. The van der Waals surface area contributed by atoms with Gasteiger partial charge >= 0.3 is 0 Å². The third-order valence-corrected chi connectivity index (χ3v) is 5.34. The smallest absolute Gasteiger partial charge is 0.223 e. The summed E-state index contributed by atoms with van der Waals surface area (Å²) in [5, 5.41) is 10.9. The van der Waals surface area contributed by atoms with Crippen molar-refractivity contribution in [3.8, 4) is 0 Å². The first-order chi connectivity index (χ1) is 11.9. The highest BCUT2D eigenvalue weighted by atomic mass is 19.1. The van der Waals surface area contributed by atoms with E-state index < -0.39 is 5.60 Å². The average molecular weight is 349 g/mol. The number of aryl methyl sites for hydroxylation is 1. The molecule has 1 unspecified atom stereocenters. The molecule has 138 valence electrons. The fourth-order valence-electron chi connectivity index (χ4n) is 3.68. The summed E-state index contributed by atoms with van der Waals surface area (Å²) in [5.74, 6) is -0.192. The quantitative estimate of drug-likeness (QED) is 0.861. The minimum atomic E-state index is -0.790. The Morgan fingerprint density at radius 1 is 1.16 bits per heavy atom. The lowest BCUT2D eigenvalue weighted by Crippen LogP contribution is -2.52. The molecular weight excluding hydrogens is 321 g/mol. The number of hydrogen-bond donors (Lipinski definition) is 1. The molecule has 2 aliphatic heterocycles. The molecule has 1 atom stereocenters. The Labute approximate surface area is 149 Å². The van der Waals surface area contributed by atoms with Crippen molar-refractivity contribution in [1.82, 2.24) is 14.7 Å². The minimum absolute atomic E-state index is 0.0682. The normalized spacial score (nSPS) is 25.5. The molecule has 1 aromatic rings. The molecule has 5 nitrogen and oxygen atoms in total. The lowest BCUT2D eigenvalue weighted by atomic mass is 10.0. The molecule has 25 heavy (non-hydrogen) atoms. The van der Waals surface area contributed by atoms with E-state index in [1.165, 1.54) is 12.1 Å². The van der Waals surface area contributed by atoms with Gasteiger partial charge in [0.05, 0.1) is 12.1 Å². The van der Waals surface area contributed by atoms with Crippen molar-refractivity contribution in [3.05, 3.63) is 35.6 Å². The summed E-state index contributed by atoms with van der Waals surface area (Å²) in [5.41, 5.74) is 0.170. The molecule has 0 radical (unpaired) electrons. The Morgan fingerprint density at radius 2 is 1.84 bits per heavy atom. The van der Waals surface area contributed by atoms with Crippen LogP contribution in [0.5, 0.6) is 0 Å². The SMILES string of the molecule is CN1CCN(CC2(O)CCN(C(=O)CCc3ccc(F)cc3)C2)CC1. The topological polar surface area (TPSA) is 47.0 Å². The Kier molecular flexibility index (Phi) is 5.71. The molecule has 1 aromatic carbocycles. The Bertz CT molecular complexity index is 587. The van der Waals surface area contributed by atoms with Crippen molar-refractivity contribution < 1.29 is 14.3 Å². The zero-order valence-corrected chi connectivity index (χ0v) is 15.0. The summed E-state index contributed by atoms with van der Waals surface area (Å²) in [7, 11) is 2.11. The molecule has 2 fully saturated rings. The van der Waals surface area contributed by atoms with Gasteiger partial charge in [-0.15, -0.1) is 0 Å². The van der Waals surface area contributed by atoms with Crippen molar-refractivity contribution in [1.29, 1.82) is 0 Å². The first kappa shape index (κ1) is 18.3. The van der Waals surface area contributed by atoms with Gasteiger partial charge in [0.25, 0.3) is 0 Å². The number of rotatable bonds is 5. The third kappa shape index (κ3) is 5.00. The van der Waals surface area contributed by atoms with E-state index in [9.17, 15) is 14.3 Å². The lowest BCUT2D eigenvalue weighted by Gasteiger charge is -2.36. The van der Waals surface area contributed by atoms with Crippen LogP contribution in [0.1, 0.15) is 18.4 Å². The standard InChI is InChI=1S/C19H28FN3O2/c1-21-10-12-22(13-11-21)14-19(25)8-9-23(15-19)18(24)7-4-16-2-5-17(20)6-3-16/h2-3,5-6,25H,4,7-15H2,1H3. The van der Waals surface area contributed by atoms with E-state index in [0.29, 0.717) is 38.9 Å². The van der Waals surface area contributed by atoms with Crippen LogP contribution in [0.4, 0.5) is 4.39 Å². The second-order valence-corrected chi connectivity index (χ2v) is 7.50. The second-order valence-electron chi connectivity index (χ2n) is 7.50. The zero-order chi connectivity index (χ0) is 17.9. The van der Waals surface area contributed by atoms with Gasteiger partial charge in [-0.3, -0.25) is 9.69 Å². The molecule has 6 heteroatoms. The lowest BCUT2D eigenvalue weighted by molar-refractivity contribution is -0.131. The van der Waals surface area contributed by atoms with Gasteiger partial charge in [-0.05, 0) is 37.6 Å². The molecule has 2 aliphatic rings. The maximum absolute atomic E-state index is 12.9. The van der Waals surface area contributed by atoms with E-state index in [2.05, 4.69) is 16.8 Å². The van der Waals surface area contributed by atoms with Crippen LogP contribution in [0.2, 0.25) is 0 Å². The average Bonchev–Trinajstić information content (AvgIpc) is 2.98. The van der Waals surface area contributed by atoms with Crippen molar-refractivity contribution >= 4 is 5.91 Å². The van der Waals surface area contributed by atoms with Gasteiger partial charge in [0, 0.05) is 45.7 Å². The number of nitrogens with zero attached hydrogens (tertiary/aromatic N) is 3. The minimum Gasteiger partial charge on any atom is -0.387 e. The fourth-order valence-corrected chi connectivity index (χ4v) is 3.68. The largest absolute Gasteiger partial charge is 0.387 e. The number of amides is 1. The van der Waals surface area contributed by atoms with E-state index in [4.69, 9.17) is 0 Å². The van der Waals surface area contributed by atoms with Crippen molar-refractivity contribution in [3.63, 3.8) is 0 Å². The number of carbonyl (C=O) groups is 1. The first-order valence-electron chi connectivity index (χ1n) is 9.09. The number of benzene rings is 1. The summed E-state index contributed by atoms with van der Waals surface area (Å²) >= 11 is 0. The molecule has 0 spiro atoms. The number of hydrogen-bond acceptors (Lipinski definition) is 4. The molecule has 3 rings (SSSR count). The first-order valence-corrected chi connectivity index (χ1v) is 9.09. The molecule has 0 aromatic heterocycles. The summed E-state index contributed by atoms with van der Waals surface area (Å²) in [6, 6.07) is 6.28. The molecule has 0 bridgehead atoms. The van der Waals surface area contributed by atoms with E-state index in [1.807, 2.05) is 0 Å². The van der Waals surface area contributed by atoms with Gasteiger partial charge in [0.15, 0.2) is 0 Å². The fraction of sp³-hybridized carbons (Fsp3) is 0.632. The highest BCUT2D eigenvalue weighted by molar-refractivity contribution is 5.77. The predicted molar refractivity (Wildman–Crippen MR) is 94.8 cm³/mol. The van der Waals surface area contributed by atoms with Crippen molar-refractivity contribution in [2.75, 3.05) is 52.9 Å². The van der Waals surface area contributed by atoms with Crippen molar-refractivity contribution in [2.45, 2.75) is 24.9 Å². The van der Waals surface area contributed by atoms with Gasteiger partial charge in [-0.2, -0.15) is 0 Å². The Hall–Kier alpha value is -1.50. The van der Waals surface area contributed by atoms with Gasteiger partial charge < -0.3 is 14.9 Å². The van der Waals surface area contributed by atoms with Crippen LogP contribution < -0.4 is 0 Å². The summed E-state index contributed by atoms with van der Waals surface area (Å²) in [6.45, 7) is 5.66. The number of piperazine rings is 1. The van der Waals surface area contributed by atoms with Crippen LogP contribution in [-0.4, -0.2) is 84.2 Å². The highest BCUT2D eigenvalue weighted by Gasteiger charge is 2.39. The molecule has 2 heterocycles. The van der Waals surface area contributed by atoms with Crippen LogP contribution in [0.25, 0.3) is 0 Å². The number of aliphatic hydroxyl groups is 1. The predicted octanol–water partition coefficient (Wildman–Crippen LogP) is 0.969. The summed E-state index contributed by atoms with van der Waals surface area (Å²) in [6.07, 6.45) is 1.64. The number of halogens is 1. The van der Waals surface area contributed by atoms with Crippen LogP contribution in [0.15, 0.2) is 24.3 Å². The summed E-state index contributed by atoms with van der Waals surface area (Å²) < 4.78 is 12.9. The number of β-amino-alcohol motifs (C(OH)–C–C–N with tert-alkyl or cyclic N) is 1. The van der Waals surface area contributed by atoms with Gasteiger partial charge in [0.1, 0.15) is 5.82 Å². The molecule has 1 N–H and O–H groups in total. The zero-order valence-electron chi connectivity index (χ0n) is 15.0. The van der Waals surface area contributed by atoms with Crippen molar-refractivity contribution in [2.24, 2.45) is 0 Å². The molecule has 0 aliphatic carbocycles. The van der Waals surface area contributed by atoms with Gasteiger partial charge in [0.2, 0.25) is 5.91 Å². The van der Waals surface area contributed by atoms with Crippen LogP contribution in [0.3, 0.4) is 0 Å². The molecular formula is C19H28FN3O2. The number of likely N-dealkylation sites (tertiary alicyclic amines) is 1. The van der Waals surface area contributed by atoms with Gasteiger partial charge in [-0.1, -0.05) is 12.1 Å². The summed E-state index contributed by atoms with van der Waals surface area (Å²) in [4.78, 5) is 18.8. The van der Waals surface area contributed by atoms with E-state index in [0.717, 1.165) is 31.7 Å². The molecule has 0 saturated carbocycles. The Balaban J connectivity index is 1.46. The van der Waals surface area contributed by atoms with E-state index >= 15 is 0 Å². The Morgan fingerprint density at radius 3 is 2.52 bits per heavy atom. The maximum atomic E-state index is 12.9. The number of carbonyl (C=O) groups excluding carboxylic acids is 1. The van der Waals surface area contributed by atoms with Crippen LogP contribution in [0, 0.1) is 5.82 Å². The second kappa shape index (κ2) is 7.81. The van der Waals surface area contributed by atoms with Crippen LogP contribution in [-0.2, 0) is 11.2 Å². The monoisotopic (exact) mass is 349 g/mol.